The fourth-order valence-electron chi connectivity index (χ4n) is 2.63. The zero-order chi connectivity index (χ0) is 16.4. The van der Waals surface area contributed by atoms with Crippen LogP contribution in [0.5, 0.6) is 0 Å². The van der Waals surface area contributed by atoms with Crippen molar-refractivity contribution < 1.29 is 14.3 Å². The molecule has 4 N–H and O–H groups in total. The molecule has 1 aromatic heterocycles. The number of amides is 1. The summed E-state index contributed by atoms with van der Waals surface area (Å²) in [6.07, 6.45) is 0. The van der Waals surface area contributed by atoms with Gasteiger partial charge in [-0.25, -0.2) is 10.6 Å². The highest BCUT2D eigenvalue weighted by atomic mass is 16.5. The molecule has 0 aliphatic carbocycles. The molecule has 23 heavy (non-hydrogen) atoms. The van der Waals surface area contributed by atoms with Gasteiger partial charge in [-0.2, -0.15) is 0 Å². The third-order valence-electron chi connectivity index (χ3n) is 3.67. The van der Waals surface area contributed by atoms with Crippen LogP contribution in [0.2, 0.25) is 0 Å². The Morgan fingerprint density at radius 1 is 1.09 bits per heavy atom. The minimum Gasteiger partial charge on any atom is -0.465 e. The molecular weight excluding hydrogens is 294 g/mol. The number of hydrazine groups is 1. The van der Waals surface area contributed by atoms with Crippen LogP contribution in [0.4, 0.5) is 0 Å². The number of aromatic nitrogens is 1. The lowest BCUT2D eigenvalue weighted by Gasteiger charge is -2.08. The number of esters is 1. The summed E-state index contributed by atoms with van der Waals surface area (Å²) in [5.41, 5.74) is 4.76. The molecule has 0 aliphatic rings. The van der Waals surface area contributed by atoms with Gasteiger partial charge in [0.15, 0.2) is 0 Å². The first-order valence-corrected chi connectivity index (χ1v) is 6.96. The van der Waals surface area contributed by atoms with Gasteiger partial charge in [0, 0.05) is 16.5 Å². The van der Waals surface area contributed by atoms with E-state index < -0.39 is 11.9 Å². The number of H-pyrrole nitrogens is 1. The number of methoxy groups -OCH3 is 1. The highest BCUT2D eigenvalue weighted by Gasteiger charge is 2.23. The topological polar surface area (TPSA) is 97.2 Å². The van der Waals surface area contributed by atoms with Gasteiger partial charge in [0.1, 0.15) is 0 Å². The zero-order valence-electron chi connectivity index (χ0n) is 12.4. The number of nitrogens with two attached hydrogens (primary N) is 1. The second-order valence-electron chi connectivity index (χ2n) is 4.93. The van der Waals surface area contributed by atoms with E-state index in [-0.39, 0.29) is 0 Å². The van der Waals surface area contributed by atoms with Crippen molar-refractivity contribution in [1.82, 2.24) is 10.4 Å². The highest BCUT2D eigenvalue weighted by Crippen LogP contribution is 2.32. The van der Waals surface area contributed by atoms with E-state index in [0.717, 1.165) is 10.9 Å². The first-order chi connectivity index (χ1) is 11.2. The number of fused-ring (bicyclic) bond motifs is 1. The molecule has 0 aliphatic heterocycles. The molecule has 0 saturated carbocycles. The van der Waals surface area contributed by atoms with Crippen LogP contribution >= 0.6 is 0 Å². The number of hydrogen-bond acceptors (Lipinski definition) is 4. The van der Waals surface area contributed by atoms with Gasteiger partial charge >= 0.3 is 5.97 Å². The molecule has 3 aromatic rings. The van der Waals surface area contributed by atoms with Crippen molar-refractivity contribution in [2.75, 3.05) is 7.11 Å². The Hall–Kier alpha value is -3.12. The number of nitrogens with one attached hydrogen (secondary N) is 2. The first kappa shape index (κ1) is 14.8. The fourth-order valence-corrected chi connectivity index (χ4v) is 2.63. The molecule has 0 radical (unpaired) electrons. The zero-order valence-corrected chi connectivity index (χ0v) is 12.4. The van der Waals surface area contributed by atoms with Gasteiger partial charge in [-0.1, -0.05) is 36.4 Å². The predicted octanol–water partition coefficient (Wildman–Crippen LogP) is 2.22. The average molecular weight is 309 g/mol. The van der Waals surface area contributed by atoms with Gasteiger partial charge in [-0.3, -0.25) is 10.2 Å². The SMILES string of the molecule is COC(=O)c1c(-c2ccccc2C(=O)NN)[nH]c2ccccc12. The summed E-state index contributed by atoms with van der Waals surface area (Å²) in [6, 6.07) is 14.3. The Kier molecular flexibility index (Phi) is 3.82. The highest BCUT2D eigenvalue weighted by molar-refractivity contribution is 6.12. The molecule has 0 unspecified atom stereocenters. The van der Waals surface area contributed by atoms with Gasteiger partial charge in [0.2, 0.25) is 0 Å². The van der Waals surface area contributed by atoms with Crippen LogP contribution in [0.15, 0.2) is 48.5 Å². The summed E-state index contributed by atoms with van der Waals surface area (Å²) in [5.74, 6) is 4.34. The van der Waals surface area contributed by atoms with Crippen molar-refractivity contribution in [3.8, 4) is 11.3 Å². The van der Waals surface area contributed by atoms with E-state index in [1.54, 1.807) is 24.3 Å². The Morgan fingerprint density at radius 2 is 1.78 bits per heavy atom. The molecule has 6 nitrogen and oxygen atoms in total. The number of nitrogen functional groups attached to an aromatic ring is 1. The summed E-state index contributed by atoms with van der Waals surface area (Å²) in [5, 5.41) is 0.734. The van der Waals surface area contributed by atoms with Gasteiger partial charge in [0.25, 0.3) is 5.91 Å². The van der Waals surface area contributed by atoms with Gasteiger partial charge < -0.3 is 9.72 Å². The number of rotatable bonds is 3. The van der Waals surface area contributed by atoms with Crippen LogP contribution in [-0.2, 0) is 4.74 Å². The average Bonchev–Trinajstić information content (AvgIpc) is 2.99. The van der Waals surface area contributed by atoms with Crippen molar-refractivity contribution in [3.63, 3.8) is 0 Å². The Labute approximate surface area is 132 Å². The number of para-hydroxylation sites is 1. The van der Waals surface area contributed by atoms with Gasteiger partial charge in [-0.15, -0.1) is 0 Å². The quantitative estimate of drug-likeness (QED) is 0.299. The molecular formula is C17H15N3O3. The van der Waals surface area contributed by atoms with E-state index in [1.165, 1.54) is 7.11 Å². The molecule has 6 heteroatoms. The third kappa shape index (κ3) is 2.45. The van der Waals surface area contributed by atoms with Crippen molar-refractivity contribution >= 4 is 22.8 Å². The molecule has 1 amide bonds. The molecule has 0 atom stereocenters. The third-order valence-corrected chi connectivity index (χ3v) is 3.67. The molecule has 0 bridgehead atoms. The minimum absolute atomic E-state index is 0.367. The molecule has 116 valence electrons. The summed E-state index contributed by atoms with van der Waals surface area (Å²) in [7, 11) is 1.33. The second-order valence-corrected chi connectivity index (χ2v) is 4.93. The molecule has 0 saturated heterocycles. The van der Waals surface area contributed by atoms with Gasteiger partial charge in [-0.05, 0) is 12.1 Å². The number of carbonyl (C=O) groups is 2. The summed E-state index contributed by atoms with van der Waals surface area (Å²) in [4.78, 5) is 27.5. The maximum Gasteiger partial charge on any atom is 0.340 e. The molecule has 0 fully saturated rings. The van der Waals surface area contributed by atoms with Crippen LogP contribution in [0.1, 0.15) is 20.7 Å². The lowest BCUT2D eigenvalue weighted by atomic mass is 10.00. The number of aromatic amines is 1. The maximum atomic E-state index is 12.3. The molecule has 0 spiro atoms. The maximum absolute atomic E-state index is 12.3. The van der Waals surface area contributed by atoms with Crippen molar-refractivity contribution in [1.29, 1.82) is 0 Å². The smallest absolute Gasteiger partial charge is 0.340 e. The van der Waals surface area contributed by atoms with Crippen molar-refractivity contribution in [2.45, 2.75) is 0 Å². The van der Waals surface area contributed by atoms with Crippen LogP contribution in [-0.4, -0.2) is 24.0 Å². The van der Waals surface area contributed by atoms with Crippen molar-refractivity contribution in [3.05, 3.63) is 59.7 Å². The van der Waals surface area contributed by atoms with E-state index in [4.69, 9.17) is 10.6 Å². The van der Waals surface area contributed by atoms with Crippen LogP contribution in [0, 0.1) is 0 Å². The number of carbonyl (C=O) groups excluding carboxylic acids is 2. The minimum atomic E-state index is -0.472. The number of hydrogen-bond donors (Lipinski definition) is 3. The lowest BCUT2D eigenvalue weighted by Crippen LogP contribution is -2.30. The van der Waals surface area contributed by atoms with Crippen molar-refractivity contribution in [2.24, 2.45) is 5.84 Å². The Morgan fingerprint density at radius 3 is 2.52 bits per heavy atom. The van der Waals surface area contributed by atoms with E-state index >= 15 is 0 Å². The Bertz CT molecular complexity index is 899. The lowest BCUT2D eigenvalue weighted by molar-refractivity contribution is 0.0603. The van der Waals surface area contributed by atoms with Crippen LogP contribution < -0.4 is 11.3 Å². The van der Waals surface area contributed by atoms with Gasteiger partial charge in [0.05, 0.1) is 23.9 Å². The van der Waals surface area contributed by atoms with E-state index in [0.29, 0.717) is 22.4 Å². The first-order valence-electron chi connectivity index (χ1n) is 6.96. The normalized spacial score (nSPS) is 10.5. The standard InChI is InChI=1S/C17H15N3O3/c1-23-17(22)14-12-8-4-5-9-13(12)19-15(14)10-6-2-3-7-11(10)16(21)20-18/h2-9,19H,18H2,1H3,(H,20,21). The summed E-state index contributed by atoms with van der Waals surface area (Å²) in [6.45, 7) is 0. The largest absolute Gasteiger partial charge is 0.465 e. The predicted molar refractivity (Wildman–Crippen MR) is 86.7 cm³/mol. The molecule has 1 heterocycles. The molecule has 3 rings (SSSR count). The fraction of sp³-hybridized carbons (Fsp3) is 0.0588. The Balaban J connectivity index is 2.33. The molecule has 2 aromatic carbocycles. The number of ether oxygens (including phenoxy) is 1. The summed E-state index contributed by atoms with van der Waals surface area (Å²) < 4.78 is 4.91. The van der Waals surface area contributed by atoms with E-state index in [9.17, 15) is 9.59 Å². The van der Waals surface area contributed by atoms with Crippen LogP contribution in [0.3, 0.4) is 0 Å². The second kappa shape index (κ2) is 5.94. The monoisotopic (exact) mass is 309 g/mol. The van der Waals surface area contributed by atoms with Crippen LogP contribution in [0.25, 0.3) is 22.2 Å². The number of benzene rings is 2. The summed E-state index contributed by atoms with van der Waals surface area (Å²) >= 11 is 0. The van der Waals surface area contributed by atoms with E-state index in [1.807, 2.05) is 24.3 Å². The van der Waals surface area contributed by atoms with E-state index in [2.05, 4.69) is 10.4 Å².